The SMILES string of the molecule is CCCCCCCCCCCCCCCCCC(=O)OC[C@H](COP(=O)(O)OCCNC(=O)OCCOOOOOOOOOOOOOOOOOOOOOOOOOOOOOOOOOOOOOOOOOOOOC=CNC(=O)CCCC[C@@H]1SC[C@@H]2NC(=O)N[C@@H]21)OC(=O)CCCCCCCCCCCCCCCCC. The van der Waals surface area contributed by atoms with Crippen molar-refractivity contribution in [1.29, 1.82) is 0 Å². The monoisotopic (exact) mass is 1790 g/mol. The topological polar surface area (TPSA) is 623 Å². The summed E-state index contributed by atoms with van der Waals surface area (Å²) < 4.78 is 38.5. The third-order valence-electron chi connectivity index (χ3n) is 14.8. The number of phosphoric acid groups is 1. The predicted molar refractivity (Wildman–Crippen MR) is 345 cm³/mol. The van der Waals surface area contributed by atoms with E-state index < -0.39 is 65.0 Å². The lowest BCUT2D eigenvalue weighted by Gasteiger charge is -2.20. The molecule has 694 valence electrons. The fourth-order valence-electron chi connectivity index (χ4n) is 9.70. The van der Waals surface area contributed by atoms with Crippen LogP contribution < -0.4 is 21.3 Å². The zero-order valence-electron chi connectivity index (χ0n) is 64.1. The maximum Gasteiger partial charge on any atom is 0.472 e. The van der Waals surface area contributed by atoms with Gasteiger partial charge in [0.15, 0.2) is 6.10 Å². The van der Waals surface area contributed by atoms with Crippen molar-refractivity contribution in [1.82, 2.24) is 21.3 Å². The molecule has 62 heteroatoms. The van der Waals surface area contributed by atoms with Crippen molar-refractivity contribution < 1.29 is 278 Å². The van der Waals surface area contributed by atoms with Gasteiger partial charge in [-0.25, -0.2) is 19.0 Å². The molecule has 5 N–H and O–H groups in total. The van der Waals surface area contributed by atoms with Gasteiger partial charge in [0.05, 0.1) is 25.3 Å². The molecule has 0 aromatic carbocycles. The van der Waals surface area contributed by atoms with Crippen LogP contribution in [0.15, 0.2) is 12.5 Å². The number of fused-ring (bicyclic) bond motifs is 1. The molecule has 118 heavy (non-hydrogen) atoms. The molecule has 4 amide bonds. The number of rotatable bonds is 95. The van der Waals surface area contributed by atoms with Crippen LogP contribution in [0.2, 0.25) is 0 Å². The van der Waals surface area contributed by atoms with Crippen LogP contribution in [-0.2, 0) is 264 Å². The molecule has 0 bridgehead atoms. The molecule has 0 spiro atoms. The molecule has 60 nitrogen and oxygen atoms in total. The summed E-state index contributed by atoms with van der Waals surface area (Å²) in [5.74, 6) is -0.498. The Morgan fingerprint density at radius 2 is 0.771 bits per heavy atom. The van der Waals surface area contributed by atoms with Gasteiger partial charge in [-0.15, -0.1) is 0 Å². The first-order chi connectivity index (χ1) is 58.0. The Morgan fingerprint density at radius 3 is 1.17 bits per heavy atom. The normalized spacial score (nSPS) is 15.3. The van der Waals surface area contributed by atoms with Crippen molar-refractivity contribution in [3.05, 3.63) is 12.5 Å². The minimum absolute atomic E-state index is 0.101. The van der Waals surface area contributed by atoms with Gasteiger partial charge in [0.2, 0.25) is 5.91 Å². The molecule has 0 saturated carbocycles. The van der Waals surface area contributed by atoms with Crippen molar-refractivity contribution >= 4 is 49.6 Å². The molecule has 0 radical (unpaired) electrons. The second-order valence-corrected chi connectivity index (χ2v) is 26.1. The fourth-order valence-corrected chi connectivity index (χ4v) is 12.0. The van der Waals surface area contributed by atoms with Gasteiger partial charge in [0.1, 0.15) is 26.1 Å². The van der Waals surface area contributed by atoms with Crippen LogP contribution >= 0.6 is 19.6 Å². The minimum atomic E-state index is -4.77. The summed E-state index contributed by atoms with van der Waals surface area (Å²) in [5, 5.41) is 164. The van der Waals surface area contributed by atoms with E-state index in [2.05, 4.69) is 256 Å². The maximum absolute atomic E-state index is 12.9. The number of urea groups is 1. The number of carbonyl (C=O) groups excluding carboxylic acids is 5. The summed E-state index contributed by atoms with van der Waals surface area (Å²) in [6.07, 6.45) is 37.8. The number of phosphoric ester groups is 1. The number of esters is 2. The third kappa shape index (κ3) is 76.1. The van der Waals surface area contributed by atoms with E-state index in [1.54, 1.807) is 11.8 Å². The van der Waals surface area contributed by atoms with Crippen molar-refractivity contribution in [3.8, 4) is 0 Å². The smallest absolute Gasteiger partial charge is 0.462 e. The number of alkyl carbamates (subject to hydrolysis) is 1. The molecule has 5 atom stereocenters. The molecule has 2 heterocycles. The number of nitrogens with one attached hydrogen (secondary N) is 4. The van der Waals surface area contributed by atoms with E-state index in [1.165, 1.54) is 135 Å². The molecule has 2 aliphatic rings. The Morgan fingerprint density at radius 1 is 0.415 bits per heavy atom. The van der Waals surface area contributed by atoms with E-state index in [1.807, 2.05) is 0 Å². The summed E-state index contributed by atoms with van der Waals surface area (Å²) in [6, 6.07) is 0.0824. The zero-order valence-corrected chi connectivity index (χ0v) is 65.8. The Labute approximate surface area is 673 Å². The largest absolute Gasteiger partial charge is 0.472 e. The van der Waals surface area contributed by atoms with Crippen molar-refractivity contribution in [2.75, 3.05) is 45.3 Å². The van der Waals surface area contributed by atoms with E-state index >= 15 is 0 Å². The lowest BCUT2D eigenvalue weighted by Crippen LogP contribution is -2.36. The third-order valence-corrected chi connectivity index (χ3v) is 17.3. The average molecular weight is 1790 g/mol. The Hall–Kier alpha value is -4.77. The molecule has 2 saturated heterocycles. The van der Waals surface area contributed by atoms with Crippen molar-refractivity contribution in [2.24, 2.45) is 0 Å². The molecule has 2 rings (SSSR count). The van der Waals surface area contributed by atoms with Gasteiger partial charge in [0.25, 0.3) is 0 Å². The van der Waals surface area contributed by atoms with Crippen LogP contribution in [-0.4, -0.2) is 104 Å². The Balaban J connectivity index is 1.30. The second kappa shape index (κ2) is 85.8. The van der Waals surface area contributed by atoms with E-state index in [-0.39, 0.29) is 49.8 Å². The number of ether oxygens (including phenoxy) is 3. The van der Waals surface area contributed by atoms with E-state index in [9.17, 15) is 33.4 Å². The first kappa shape index (κ1) is 109. The lowest BCUT2D eigenvalue weighted by atomic mass is 10.0. The first-order valence-electron chi connectivity index (χ1n) is 36.8. The Kier molecular flexibility index (Phi) is 79.5. The predicted octanol–water partition coefficient (Wildman–Crippen LogP) is 10.2. The van der Waals surface area contributed by atoms with Crippen LogP contribution in [0.4, 0.5) is 9.59 Å². The summed E-state index contributed by atoms with van der Waals surface area (Å²) in [6.45, 7) is 1.69. The van der Waals surface area contributed by atoms with Gasteiger partial charge in [-0.05, 0) is 66.0 Å². The van der Waals surface area contributed by atoms with E-state index in [0.29, 0.717) is 24.5 Å². The number of amides is 4. The summed E-state index contributed by atoms with van der Waals surface area (Å²) >= 11 is 1.79. The highest BCUT2D eigenvalue weighted by molar-refractivity contribution is 8.00. The number of unbranched alkanes of at least 4 members (excludes halogenated alkanes) is 29. The molecule has 0 aromatic heterocycles. The van der Waals surface area contributed by atoms with Gasteiger partial charge in [-0.3, -0.25) is 23.4 Å². The molecular formula is C56H103N4O56PS. The highest BCUT2D eigenvalue weighted by Crippen LogP contribution is 2.43. The van der Waals surface area contributed by atoms with Crippen LogP contribution in [0, 0.1) is 0 Å². The molecule has 2 aliphatic heterocycles. The molecular weight excluding hydrogens is 1690 g/mol. The number of hydrogen-bond acceptors (Lipinski definition) is 56. The summed E-state index contributed by atoms with van der Waals surface area (Å²) in [4.78, 5) is 80.0. The standard InChI is InChI=1S/C56H103N4O56PS/c1-3-5-7-9-11-13-15-17-19-21-23-25-27-29-31-37-52(62)69-45-48(74-53(63)38-32-30-28-26-24-22-20-18-16-14-12-10-8-6-4-2)46-73-117(66,67)72-42-40-58-56(65)68-43-44-71-76-78-80-82-84-86-88-90-92-94-96-98-100-102-104-106-108-110-112-114-116-115-113-111-109-107-105-103-101-99-97-95-93-91-89-87-85-83-81-79-77-75-70-41-39-57-51(61)36-34-33-35-50-54-49(47-118-50)59-55(64)60-54/h39,41,48-50,54H,3-38,40,42-47H2,1-2H3,(H,57,61)(H,58,65)(H,66,67)(H2,59,60,64)/t48-,49+,50+,54+/m1/s1. The number of thioether (sulfide) groups is 1. The van der Waals surface area contributed by atoms with Gasteiger partial charge < -0.3 is 45.3 Å². The molecule has 2 fully saturated rings. The minimum Gasteiger partial charge on any atom is -0.462 e. The fraction of sp³-hybridized carbons (Fsp3) is 0.875. The average Bonchev–Trinajstić information content (AvgIpc) is 1.67. The number of carbonyl (C=O) groups is 5. The quantitative estimate of drug-likeness (QED) is 0.00552. The summed E-state index contributed by atoms with van der Waals surface area (Å²) in [7, 11) is -4.77. The lowest BCUT2D eigenvalue weighted by molar-refractivity contribution is -0.909. The highest BCUT2D eigenvalue weighted by atomic mass is 32.2. The summed E-state index contributed by atoms with van der Waals surface area (Å²) in [5.41, 5.74) is 0. The van der Waals surface area contributed by atoms with E-state index in [0.717, 1.165) is 76.0 Å². The number of hydrogen-bond donors (Lipinski definition) is 5. The van der Waals surface area contributed by atoms with Gasteiger partial charge in [-0.2, -0.15) is 11.8 Å². The van der Waals surface area contributed by atoms with E-state index in [4.69, 9.17) is 23.3 Å². The van der Waals surface area contributed by atoms with Gasteiger partial charge in [0, 0.05) is 214 Å². The second-order valence-electron chi connectivity index (χ2n) is 23.4. The zero-order chi connectivity index (χ0) is 84.7. The van der Waals surface area contributed by atoms with Crippen LogP contribution in [0.5, 0.6) is 0 Å². The van der Waals surface area contributed by atoms with Crippen LogP contribution in [0.1, 0.15) is 245 Å². The van der Waals surface area contributed by atoms with Gasteiger partial charge >= 0.3 is 31.9 Å². The molecule has 0 aliphatic carbocycles. The highest BCUT2D eigenvalue weighted by Gasteiger charge is 2.42. The van der Waals surface area contributed by atoms with Crippen molar-refractivity contribution in [3.63, 3.8) is 0 Å². The first-order valence-corrected chi connectivity index (χ1v) is 39.4. The van der Waals surface area contributed by atoms with Crippen LogP contribution in [0.3, 0.4) is 0 Å². The molecule has 0 aromatic rings. The Bertz CT molecular complexity index is 2360. The van der Waals surface area contributed by atoms with Crippen molar-refractivity contribution in [2.45, 2.75) is 268 Å². The molecule has 1 unspecified atom stereocenters. The van der Waals surface area contributed by atoms with Crippen LogP contribution in [0.25, 0.3) is 0 Å². The van der Waals surface area contributed by atoms with Gasteiger partial charge in [-0.1, -0.05) is 200 Å². The maximum atomic E-state index is 12.9.